The van der Waals surface area contributed by atoms with Crippen LogP contribution in [-0.2, 0) is 11.3 Å². The van der Waals surface area contributed by atoms with Crippen molar-refractivity contribution in [2.24, 2.45) is 5.73 Å². The van der Waals surface area contributed by atoms with Gasteiger partial charge in [0.25, 0.3) is 0 Å². The van der Waals surface area contributed by atoms with Gasteiger partial charge in [0.15, 0.2) is 0 Å². The Morgan fingerprint density at radius 3 is 2.58 bits per heavy atom. The second-order valence-electron chi connectivity index (χ2n) is 6.64. The summed E-state index contributed by atoms with van der Waals surface area (Å²) in [7, 11) is 0. The van der Waals surface area contributed by atoms with Crippen LogP contribution in [0.4, 0.5) is 0 Å². The Balaban J connectivity index is 1.44. The highest BCUT2D eigenvalue weighted by molar-refractivity contribution is 5.82. The van der Waals surface area contributed by atoms with Crippen LogP contribution in [0.5, 0.6) is 0 Å². The molecular weight excluding hydrogens is 298 g/mol. The van der Waals surface area contributed by atoms with Crippen LogP contribution in [0.2, 0.25) is 0 Å². The standard InChI is InChI=1S/C21H23NO2/c22-18-6-2-4-8-20(18)23-14-15-9-11-16(12-10-15)21-13-17-5-1-3-7-19(17)24-21/h1,3,5,7,9-13,18,20H,2,4,6,8,14,22H2. The quantitative estimate of drug-likeness (QED) is 0.744. The number of fused-ring (bicyclic) bond motifs is 1. The number of benzene rings is 2. The van der Waals surface area contributed by atoms with E-state index in [9.17, 15) is 0 Å². The average Bonchev–Trinajstić information content (AvgIpc) is 3.06. The number of para-hydroxylation sites is 1. The molecular formula is C21H23NO2. The van der Waals surface area contributed by atoms with E-state index in [4.69, 9.17) is 14.9 Å². The fourth-order valence-electron chi connectivity index (χ4n) is 3.43. The van der Waals surface area contributed by atoms with Gasteiger partial charge < -0.3 is 14.9 Å². The van der Waals surface area contributed by atoms with Crippen LogP contribution in [0.15, 0.2) is 59.0 Å². The third kappa shape index (κ3) is 3.23. The van der Waals surface area contributed by atoms with Crippen molar-refractivity contribution in [3.8, 4) is 11.3 Å². The van der Waals surface area contributed by atoms with Gasteiger partial charge >= 0.3 is 0 Å². The van der Waals surface area contributed by atoms with Crippen LogP contribution in [0.3, 0.4) is 0 Å². The number of furan rings is 1. The number of rotatable bonds is 4. The van der Waals surface area contributed by atoms with E-state index < -0.39 is 0 Å². The maximum atomic E-state index is 6.14. The first-order valence-electron chi connectivity index (χ1n) is 8.75. The van der Waals surface area contributed by atoms with Crippen molar-refractivity contribution >= 4 is 11.0 Å². The van der Waals surface area contributed by atoms with Crippen molar-refractivity contribution < 1.29 is 9.15 Å². The van der Waals surface area contributed by atoms with E-state index >= 15 is 0 Å². The predicted molar refractivity (Wildman–Crippen MR) is 96.7 cm³/mol. The summed E-state index contributed by atoms with van der Waals surface area (Å²) < 4.78 is 11.9. The minimum absolute atomic E-state index is 0.188. The molecule has 2 aromatic carbocycles. The summed E-state index contributed by atoms with van der Waals surface area (Å²) in [5.74, 6) is 0.901. The minimum Gasteiger partial charge on any atom is -0.456 e. The van der Waals surface area contributed by atoms with Crippen molar-refractivity contribution in [3.63, 3.8) is 0 Å². The van der Waals surface area contributed by atoms with E-state index in [2.05, 4.69) is 36.4 Å². The molecule has 1 aliphatic carbocycles. The van der Waals surface area contributed by atoms with Crippen molar-refractivity contribution in [3.05, 3.63) is 60.2 Å². The zero-order chi connectivity index (χ0) is 16.4. The smallest absolute Gasteiger partial charge is 0.135 e. The Morgan fingerprint density at radius 2 is 1.79 bits per heavy atom. The number of hydrogen-bond donors (Lipinski definition) is 1. The summed E-state index contributed by atoms with van der Waals surface area (Å²) in [6.45, 7) is 0.624. The van der Waals surface area contributed by atoms with Crippen molar-refractivity contribution in [2.75, 3.05) is 0 Å². The molecule has 0 radical (unpaired) electrons. The lowest BCUT2D eigenvalue weighted by Gasteiger charge is -2.28. The summed E-state index contributed by atoms with van der Waals surface area (Å²) in [4.78, 5) is 0. The first kappa shape index (κ1) is 15.4. The maximum absolute atomic E-state index is 6.14. The van der Waals surface area contributed by atoms with Crippen molar-refractivity contribution in [2.45, 2.75) is 44.4 Å². The SMILES string of the molecule is NC1CCCCC1OCc1ccc(-c2cc3ccccc3o2)cc1. The van der Waals surface area contributed by atoms with Crippen LogP contribution in [-0.4, -0.2) is 12.1 Å². The molecule has 3 nitrogen and oxygen atoms in total. The molecule has 24 heavy (non-hydrogen) atoms. The zero-order valence-corrected chi connectivity index (χ0v) is 13.8. The van der Waals surface area contributed by atoms with Gasteiger partial charge in [-0.2, -0.15) is 0 Å². The minimum atomic E-state index is 0.188. The van der Waals surface area contributed by atoms with Gasteiger partial charge in [0, 0.05) is 17.0 Å². The largest absolute Gasteiger partial charge is 0.456 e. The van der Waals surface area contributed by atoms with Crippen LogP contribution in [0.1, 0.15) is 31.2 Å². The maximum Gasteiger partial charge on any atom is 0.135 e. The summed E-state index contributed by atoms with van der Waals surface area (Å²) in [5, 5.41) is 1.13. The highest BCUT2D eigenvalue weighted by atomic mass is 16.5. The highest BCUT2D eigenvalue weighted by Gasteiger charge is 2.22. The summed E-state index contributed by atoms with van der Waals surface area (Å²) in [6.07, 6.45) is 4.82. The van der Waals surface area contributed by atoms with E-state index in [1.54, 1.807) is 0 Å². The Labute approximate surface area is 142 Å². The zero-order valence-electron chi connectivity index (χ0n) is 13.8. The van der Waals surface area contributed by atoms with Gasteiger partial charge in [0.05, 0.1) is 12.7 Å². The molecule has 2 N–H and O–H groups in total. The lowest BCUT2D eigenvalue weighted by atomic mass is 9.93. The Hall–Kier alpha value is -2.10. The predicted octanol–water partition coefficient (Wildman–Crippen LogP) is 4.89. The molecule has 2 unspecified atom stereocenters. The van der Waals surface area contributed by atoms with Crippen LogP contribution >= 0.6 is 0 Å². The van der Waals surface area contributed by atoms with Crippen molar-refractivity contribution in [1.29, 1.82) is 0 Å². The summed E-state index contributed by atoms with van der Waals surface area (Å²) in [5.41, 5.74) is 9.33. The van der Waals surface area contributed by atoms with Crippen LogP contribution in [0, 0.1) is 0 Å². The monoisotopic (exact) mass is 321 g/mol. The molecule has 0 aliphatic heterocycles. The molecule has 1 fully saturated rings. The molecule has 1 heterocycles. The molecule has 1 aromatic heterocycles. The third-order valence-electron chi connectivity index (χ3n) is 4.88. The van der Waals surface area contributed by atoms with Gasteiger partial charge in [-0.3, -0.25) is 0 Å². The normalized spacial score (nSPS) is 21.2. The van der Waals surface area contributed by atoms with E-state index in [1.807, 2.05) is 18.2 Å². The van der Waals surface area contributed by atoms with Crippen molar-refractivity contribution in [1.82, 2.24) is 0 Å². The van der Waals surface area contributed by atoms with Gasteiger partial charge in [-0.15, -0.1) is 0 Å². The topological polar surface area (TPSA) is 48.4 Å². The molecule has 0 bridgehead atoms. The molecule has 3 heteroatoms. The average molecular weight is 321 g/mol. The van der Waals surface area contributed by atoms with E-state index in [0.717, 1.165) is 35.1 Å². The number of ether oxygens (including phenoxy) is 1. The lowest BCUT2D eigenvalue weighted by Crippen LogP contribution is -2.39. The Morgan fingerprint density at radius 1 is 1.00 bits per heavy atom. The Kier molecular flexibility index (Phi) is 4.37. The summed E-state index contributed by atoms with van der Waals surface area (Å²) in [6, 6.07) is 18.8. The second-order valence-corrected chi connectivity index (χ2v) is 6.64. The first-order valence-corrected chi connectivity index (χ1v) is 8.75. The molecule has 124 valence electrons. The fourth-order valence-corrected chi connectivity index (χ4v) is 3.43. The molecule has 2 atom stereocenters. The van der Waals surface area contributed by atoms with E-state index in [1.165, 1.54) is 18.4 Å². The van der Waals surface area contributed by atoms with Gasteiger partial charge in [0.1, 0.15) is 11.3 Å². The van der Waals surface area contributed by atoms with Gasteiger partial charge in [-0.1, -0.05) is 55.3 Å². The fraction of sp³-hybridized carbons (Fsp3) is 0.333. The van der Waals surface area contributed by atoms with Crippen LogP contribution in [0.25, 0.3) is 22.3 Å². The molecule has 1 saturated carbocycles. The molecule has 0 amide bonds. The van der Waals surface area contributed by atoms with Gasteiger partial charge in [0.2, 0.25) is 0 Å². The van der Waals surface area contributed by atoms with Crippen LogP contribution < -0.4 is 5.73 Å². The second kappa shape index (κ2) is 6.80. The van der Waals surface area contributed by atoms with Gasteiger partial charge in [-0.25, -0.2) is 0 Å². The molecule has 4 rings (SSSR count). The molecule has 3 aromatic rings. The van der Waals surface area contributed by atoms with Gasteiger partial charge in [-0.05, 0) is 30.5 Å². The third-order valence-corrected chi connectivity index (χ3v) is 4.88. The summed E-state index contributed by atoms with van der Waals surface area (Å²) >= 11 is 0. The lowest BCUT2D eigenvalue weighted by molar-refractivity contribution is 0.00405. The van der Waals surface area contributed by atoms with E-state index in [-0.39, 0.29) is 12.1 Å². The number of hydrogen-bond acceptors (Lipinski definition) is 3. The first-order chi connectivity index (χ1) is 11.8. The Bertz CT molecular complexity index is 773. The highest BCUT2D eigenvalue weighted by Crippen LogP contribution is 2.28. The molecule has 0 spiro atoms. The molecule has 0 saturated heterocycles. The number of nitrogens with two attached hydrogens (primary N) is 1. The van der Waals surface area contributed by atoms with E-state index in [0.29, 0.717) is 6.61 Å². The molecule has 1 aliphatic rings.